The van der Waals surface area contributed by atoms with E-state index in [1.165, 1.54) is 11.8 Å². The number of para-hydroxylation sites is 1. The van der Waals surface area contributed by atoms with Crippen LogP contribution in [0.2, 0.25) is 5.02 Å². The molecular formula is C20H17ClN4OS2. The largest absolute Gasteiger partial charge is 0.322 e. The Morgan fingerprint density at radius 1 is 1.21 bits per heavy atom. The Hall–Kier alpha value is -2.35. The van der Waals surface area contributed by atoms with Gasteiger partial charge in [0.15, 0.2) is 4.34 Å². The molecule has 1 N–H and O–H groups in total. The number of anilines is 1. The average Bonchev–Trinajstić information content (AvgIpc) is 3.22. The van der Waals surface area contributed by atoms with Gasteiger partial charge in [-0.15, -0.1) is 11.3 Å². The number of thiazole rings is 1. The fraction of sp³-hybridized carbons (Fsp3) is 0.150. The fourth-order valence-corrected chi connectivity index (χ4v) is 4.90. The molecule has 1 amide bonds. The molecule has 28 heavy (non-hydrogen) atoms. The molecule has 0 aliphatic heterocycles. The van der Waals surface area contributed by atoms with Crippen molar-refractivity contribution in [3.63, 3.8) is 0 Å². The molecule has 0 aliphatic carbocycles. The minimum absolute atomic E-state index is 0.0823. The van der Waals surface area contributed by atoms with E-state index in [1.54, 1.807) is 11.3 Å². The van der Waals surface area contributed by atoms with E-state index in [1.807, 2.05) is 67.1 Å². The van der Waals surface area contributed by atoms with Crippen LogP contribution in [0.25, 0.3) is 15.9 Å². The molecule has 0 atom stereocenters. The molecule has 142 valence electrons. The van der Waals surface area contributed by atoms with Crippen LogP contribution in [-0.2, 0) is 4.79 Å². The summed E-state index contributed by atoms with van der Waals surface area (Å²) in [6, 6.07) is 15.5. The molecule has 4 rings (SSSR count). The molecule has 2 aromatic carbocycles. The minimum atomic E-state index is -0.0823. The molecule has 2 aromatic heterocycles. The second-order valence-corrected chi connectivity index (χ2v) is 8.91. The van der Waals surface area contributed by atoms with Gasteiger partial charge in [0.25, 0.3) is 0 Å². The first-order valence-corrected chi connectivity index (χ1v) is 10.8. The molecular weight excluding hydrogens is 412 g/mol. The van der Waals surface area contributed by atoms with Crippen LogP contribution in [0, 0.1) is 13.8 Å². The van der Waals surface area contributed by atoms with Gasteiger partial charge < -0.3 is 5.32 Å². The first-order valence-electron chi connectivity index (χ1n) is 8.61. The second-order valence-electron chi connectivity index (χ2n) is 6.22. The van der Waals surface area contributed by atoms with Gasteiger partial charge in [0, 0.05) is 5.02 Å². The van der Waals surface area contributed by atoms with E-state index in [4.69, 9.17) is 11.6 Å². The van der Waals surface area contributed by atoms with E-state index in [-0.39, 0.29) is 11.7 Å². The number of hydrogen-bond donors (Lipinski definition) is 1. The number of nitrogens with one attached hydrogen (secondary N) is 1. The summed E-state index contributed by atoms with van der Waals surface area (Å²) in [5, 5.41) is 8.22. The van der Waals surface area contributed by atoms with E-state index in [0.717, 1.165) is 37.3 Å². The first-order chi connectivity index (χ1) is 13.5. The molecule has 8 heteroatoms. The monoisotopic (exact) mass is 428 g/mol. The van der Waals surface area contributed by atoms with Gasteiger partial charge in [-0.3, -0.25) is 4.79 Å². The quantitative estimate of drug-likeness (QED) is 0.427. The SMILES string of the molecule is Cc1nn(-c2ccccc2)c(C)c1NC(=O)CSc1nc2cc(Cl)ccc2s1. The van der Waals surface area contributed by atoms with Gasteiger partial charge in [-0.05, 0) is 44.2 Å². The maximum Gasteiger partial charge on any atom is 0.234 e. The maximum atomic E-state index is 12.5. The van der Waals surface area contributed by atoms with Crippen LogP contribution >= 0.6 is 34.7 Å². The highest BCUT2D eigenvalue weighted by molar-refractivity contribution is 8.01. The Morgan fingerprint density at radius 2 is 2.00 bits per heavy atom. The summed E-state index contributed by atoms with van der Waals surface area (Å²) in [4.78, 5) is 17.0. The van der Waals surface area contributed by atoms with Crippen molar-refractivity contribution in [2.45, 2.75) is 18.2 Å². The van der Waals surface area contributed by atoms with Crippen LogP contribution in [0.1, 0.15) is 11.4 Å². The molecule has 0 bridgehead atoms. The number of carbonyl (C=O) groups excluding carboxylic acids is 1. The van der Waals surface area contributed by atoms with Gasteiger partial charge in [-0.1, -0.05) is 41.6 Å². The van der Waals surface area contributed by atoms with Crippen molar-refractivity contribution in [3.05, 3.63) is 64.9 Å². The van der Waals surface area contributed by atoms with Crippen molar-refractivity contribution >= 4 is 56.5 Å². The smallest absolute Gasteiger partial charge is 0.234 e. The number of rotatable bonds is 5. The van der Waals surface area contributed by atoms with E-state index < -0.39 is 0 Å². The molecule has 0 saturated heterocycles. The Morgan fingerprint density at radius 3 is 2.79 bits per heavy atom. The van der Waals surface area contributed by atoms with Gasteiger partial charge in [-0.2, -0.15) is 5.10 Å². The van der Waals surface area contributed by atoms with Crippen LogP contribution in [0.15, 0.2) is 52.9 Å². The normalized spacial score (nSPS) is 11.1. The summed E-state index contributed by atoms with van der Waals surface area (Å²) in [6.45, 7) is 3.85. The van der Waals surface area contributed by atoms with Crippen molar-refractivity contribution in [1.29, 1.82) is 0 Å². The number of benzene rings is 2. The van der Waals surface area contributed by atoms with Gasteiger partial charge in [0.05, 0.1) is 38.7 Å². The van der Waals surface area contributed by atoms with E-state index >= 15 is 0 Å². The number of fused-ring (bicyclic) bond motifs is 1. The molecule has 2 heterocycles. The molecule has 0 unspecified atom stereocenters. The number of nitrogens with zero attached hydrogens (tertiary/aromatic N) is 3. The summed E-state index contributed by atoms with van der Waals surface area (Å²) in [6.07, 6.45) is 0. The number of thioether (sulfide) groups is 1. The number of halogens is 1. The molecule has 5 nitrogen and oxygen atoms in total. The zero-order valence-corrected chi connectivity index (χ0v) is 17.7. The average molecular weight is 429 g/mol. The van der Waals surface area contributed by atoms with Crippen LogP contribution in [0.3, 0.4) is 0 Å². The standard InChI is InChI=1S/C20H17ClN4OS2/c1-12-19(13(2)25(24-12)15-6-4-3-5-7-15)23-18(26)11-27-20-22-16-10-14(21)8-9-17(16)28-20/h3-10H,11H2,1-2H3,(H,23,26). The van der Waals surface area contributed by atoms with Crippen molar-refractivity contribution < 1.29 is 4.79 Å². The number of carbonyl (C=O) groups is 1. The van der Waals surface area contributed by atoms with Crippen LogP contribution in [-0.4, -0.2) is 26.4 Å². The van der Waals surface area contributed by atoms with Crippen LogP contribution in [0.4, 0.5) is 5.69 Å². The lowest BCUT2D eigenvalue weighted by Gasteiger charge is -2.06. The van der Waals surface area contributed by atoms with Gasteiger partial charge >= 0.3 is 0 Å². The lowest BCUT2D eigenvalue weighted by Crippen LogP contribution is -2.15. The Labute approximate surface area is 175 Å². The number of hydrogen-bond acceptors (Lipinski definition) is 5. The second kappa shape index (κ2) is 7.95. The van der Waals surface area contributed by atoms with Crippen molar-refractivity contribution in [2.24, 2.45) is 0 Å². The zero-order valence-electron chi connectivity index (χ0n) is 15.3. The summed E-state index contributed by atoms with van der Waals surface area (Å²) < 4.78 is 3.75. The van der Waals surface area contributed by atoms with Gasteiger partial charge in [-0.25, -0.2) is 9.67 Å². The minimum Gasteiger partial charge on any atom is -0.322 e. The predicted octanol–water partition coefficient (Wildman–Crippen LogP) is 5.48. The molecule has 0 radical (unpaired) electrons. The molecule has 4 aromatic rings. The van der Waals surface area contributed by atoms with Crippen molar-refractivity contribution in [3.8, 4) is 5.69 Å². The third kappa shape index (κ3) is 3.92. The Balaban J connectivity index is 1.45. The fourth-order valence-electron chi connectivity index (χ4n) is 2.89. The Bertz CT molecular complexity index is 1150. The third-order valence-electron chi connectivity index (χ3n) is 4.21. The van der Waals surface area contributed by atoms with E-state index in [2.05, 4.69) is 15.4 Å². The van der Waals surface area contributed by atoms with Gasteiger partial charge in [0.1, 0.15) is 0 Å². The first kappa shape index (κ1) is 19.0. The Kier molecular flexibility index (Phi) is 5.39. The molecule has 0 spiro atoms. The van der Waals surface area contributed by atoms with Crippen molar-refractivity contribution in [2.75, 3.05) is 11.1 Å². The highest BCUT2D eigenvalue weighted by Crippen LogP contribution is 2.31. The summed E-state index contributed by atoms with van der Waals surface area (Å²) in [5.74, 6) is 0.198. The summed E-state index contributed by atoms with van der Waals surface area (Å²) in [7, 11) is 0. The van der Waals surface area contributed by atoms with Gasteiger partial charge in [0.2, 0.25) is 5.91 Å². The highest BCUT2D eigenvalue weighted by atomic mass is 35.5. The topological polar surface area (TPSA) is 59.8 Å². The number of aryl methyl sites for hydroxylation is 1. The molecule has 0 fully saturated rings. The lowest BCUT2D eigenvalue weighted by molar-refractivity contribution is -0.113. The number of amides is 1. The molecule has 0 aliphatic rings. The predicted molar refractivity (Wildman–Crippen MR) is 117 cm³/mol. The lowest BCUT2D eigenvalue weighted by atomic mass is 10.3. The van der Waals surface area contributed by atoms with Crippen molar-refractivity contribution in [1.82, 2.24) is 14.8 Å². The zero-order chi connectivity index (χ0) is 19.7. The number of aromatic nitrogens is 3. The van der Waals surface area contributed by atoms with Crippen LogP contribution in [0.5, 0.6) is 0 Å². The molecule has 0 saturated carbocycles. The summed E-state index contributed by atoms with van der Waals surface area (Å²) >= 11 is 8.99. The highest BCUT2D eigenvalue weighted by Gasteiger charge is 2.16. The van der Waals surface area contributed by atoms with E-state index in [0.29, 0.717) is 5.02 Å². The summed E-state index contributed by atoms with van der Waals surface area (Å²) in [5.41, 5.74) is 4.26. The third-order valence-corrected chi connectivity index (χ3v) is 6.63. The maximum absolute atomic E-state index is 12.5. The van der Waals surface area contributed by atoms with E-state index in [9.17, 15) is 4.79 Å². The van der Waals surface area contributed by atoms with Crippen LogP contribution < -0.4 is 5.32 Å².